The zero-order chi connectivity index (χ0) is 41.6. The molecular weight excluding hydrogens is 885 g/mol. The number of anilines is 1. The lowest BCUT2D eigenvalue weighted by atomic mass is 9.79. The van der Waals surface area contributed by atoms with E-state index in [1.807, 2.05) is 74.6 Å². The molecular formula is C38H44BrN2O12S4+. The topological polar surface area (TPSA) is 192 Å². The highest BCUT2D eigenvalue weighted by atomic mass is 79.9. The molecule has 0 fully saturated rings. The van der Waals surface area contributed by atoms with Crippen LogP contribution in [0.15, 0.2) is 105 Å². The Morgan fingerprint density at radius 3 is 2.28 bits per heavy atom. The van der Waals surface area contributed by atoms with Gasteiger partial charge in [0.25, 0.3) is 20.2 Å². The van der Waals surface area contributed by atoms with Crippen LogP contribution in [0.4, 0.5) is 11.4 Å². The summed E-state index contributed by atoms with van der Waals surface area (Å²) in [6, 6.07) is 12.6. The van der Waals surface area contributed by atoms with E-state index in [0.717, 1.165) is 44.9 Å². The van der Waals surface area contributed by atoms with Crippen LogP contribution in [0.3, 0.4) is 0 Å². The molecule has 57 heavy (non-hydrogen) atoms. The number of rotatable bonds is 19. The highest BCUT2D eigenvalue weighted by Crippen LogP contribution is 2.49. The summed E-state index contributed by atoms with van der Waals surface area (Å²) in [6.45, 7) is 9.17. The number of benzene rings is 3. The number of hydrogen-bond acceptors (Lipinski definition) is 13. The van der Waals surface area contributed by atoms with Gasteiger partial charge in [0.15, 0.2) is 5.71 Å². The fourth-order valence-corrected chi connectivity index (χ4v) is 10.0. The summed E-state index contributed by atoms with van der Waals surface area (Å²) in [5, 5.41) is 25.4. The number of nitrogens with zero attached hydrogens (tertiary/aromatic N) is 2. The molecule has 4 N–H and O–H groups in total. The lowest BCUT2D eigenvalue weighted by molar-refractivity contribution is -0.438. The maximum atomic E-state index is 12.8. The van der Waals surface area contributed by atoms with Gasteiger partial charge in [-0.25, -0.2) is 10.5 Å². The van der Waals surface area contributed by atoms with Crippen molar-refractivity contribution in [3.05, 3.63) is 106 Å². The molecule has 14 nitrogen and oxygen atoms in total. The van der Waals surface area contributed by atoms with E-state index < -0.39 is 25.7 Å². The molecule has 0 saturated heterocycles. The van der Waals surface area contributed by atoms with E-state index in [1.54, 1.807) is 12.1 Å². The summed E-state index contributed by atoms with van der Waals surface area (Å²) in [7, 11) is -8.81. The molecule has 5 rings (SSSR count). The van der Waals surface area contributed by atoms with E-state index >= 15 is 0 Å². The molecule has 0 bridgehead atoms. The third-order valence-corrected chi connectivity index (χ3v) is 13.2. The van der Waals surface area contributed by atoms with Crippen LogP contribution >= 0.6 is 40.0 Å². The van der Waals surface area contributed by atoms with Crippen molar-refractivity contribution in [1.82, 2.24) is 0 Å². The highest BCUT2D eigenvalue weighted by molar-refractivity contribution is 9.10. The van der Waals surface area contributed by atoms with Gasteiger partial charge in [-0.15, -0.1) is 8.67 Å². The van der Waals surface area contributed by atoms with Crippen molar-refractivity contribution in [3.63, 3.8) is 0 Å². The van der Waals surface area contributed by atoms with Gasteiger partial charge in [0.2, 0.25) is 5.69 Å². The third kappa shape index (κ3) is 10.7. The van der Waals surface area contributed by atoms with E-state index in [-0.39, 0.29) is 27.4 Å². The van der Waals surface area contributed by atoms with Crippen molar-refractivity contribution < 1.29 is 59.8 Å². The summed E-state index contributed by atoms with van der Waals surface area (Å²) >= 11 is 5.13. The van der Waals surface area contributed by atoms with Gasteiger partial charge >= 0.3 is 0 Å². The monoisotopic (exact) mass is 927 g/mol. The van der Waals surface area contributed by atoms with Crippen LogP contribution in [0.1, 0.15) is 58.1 Å². The zero-order valence-electron chi connectivity index (χ0n) is 31.5. The molecule has 19 heteroatoms. The minimum absolute atomic E-state index is 0.250. The van der Waals surface area contributed by atoms with Crippen molar-refractivity contribution in [1.29, 1.82) is 0 Å². The Morgan fingerprint density at radius 1 is 0.860 bits per heavy atom. The predicted octanol–water partition coefficient (Wildman–Crippen LogP) is 9.13. The molecule has 0 spiro atoms. The van der Waals surface area contributed by atoms with E-state index in [4.69, 9.17) is 10.5 Å². The fraction of sp³-hybridized carbons (Fsp3) is 0.342. The second kappa shape index (κ2) is 19.0. The Kier molecular flexibility index (Phi) is 15.1. The summed E-state index contributed by atoms with van der Waals surface area (Å²) in [4.78, 5) is 2.06. The first-order valence-corrected chi connectivity index (χ1v) is 23.1. The fourth-order valence-electron chi connectivity index (χ4n) is 7.45. The summed E-state index contributed by atoms with van der Waals surface area (Å²) < 4.78 is 80.4. The van der Waals surface area contributed by atoms with E-state index in [1.165, 1.54) is 6.07 Å². The molecule has 2 aliphatic heterocycles. The standard InChI is InChI=1S/C38H43BrN2O12S4/c1-37(2)29-24-27(39)16-18-30(29)40(20-12-22-56(44,45)46)33(37)13-8-6-5-7-9-14-34-38(3,4)36-31(41(34)19-10-11-21-54-52-50-42)17-15-26-23-28(55-53-51-43)25-32(35(26)36)57(47,48)49/h5-9,13-18,23-25H,10-12,19-22H2,1-4H3,(H3-,42,43,44,45,46,47,48,49)/p+1. The van der Waals surface area contributed by atoms with Crippen molar-refractivity contribution >= 4 is 88.1 Å². The Hall–Kier alpha value is -2.89. The zero-order valence-corrected chi connectivity index (χ0v) is 36.3. The van der Waals surface area contributed by atoms with Gasteiger partial charge in [-0.1, -0.05) is 70.2 Å². The molecule has 0 atom stereocenters. The maximum Gasteiger partial charge on any atom is 0.295 e. The van der Waals surface area contributed by atoms with Crippen LogP contribution in [-0.4, -0.2) is 71.3 Å². The highest BCUT2D eigenvalue weighted by Gasteiger charge is 2.46. The van der Waals surface area contributed by atoms with E-state index in [9.17, 15) is 25.9 Å². The first-order chi connectivity index (χ1) is 26.9. The lowest BCUT2D eigenvalue weighted by Gasteiger charge is -2.27. The van der Waals surface area contributed by atoms with Gasteiger partial charge in [-0.2, -0.15) is 21.4 Å². The minimum Gasteiger partial charge on any atom is -0.344 e. The summed E-state index contributed by atoms with van der Waals surface area (Å²) in [6.07, 6.45) is 15.1. The Balaban J connectivity index is 1.46. The molecule has 0 radical (unpaired) electrons. The first-order valence-electron chi connectivity index (χ1n) is 17.6. The molecule has 0 unspecified atom stereocenters. The second-order valence-corrected chi connectivity index (χ2v) is 19.7. The Morgan fingerprint density at radius 2 is 1.58 bits per heavy atom. The van der Waals surface area contributed by atoms with Crippen LogP contribution in [0, 0.1) is 0 Å². The SMILES string of the molecule is CC1(C)C(/C=C/C=C/C=C/C=C2/N(CCCS(=O)(=O)O)c3ccc(Br)cc3C2(C)C)=[N+](CCCCSOOO)c2ccc3cc(SOOO)cc(S(=O)(=O)O)c3c21. The average molecular weight is 929 g/mol. The predicted molar refractivity (Wildman–Crippen MR) is 225 cm³/mol. The number of halogens is 1. The van der Waals surface area contributed by atoms with Gasteiger partial charge in [-0.3, -0.25) is 9.11 Å². The van der Waals surface area contributed by atoms with Gasteiger partial charge in [0, 0.05) is 80.0 Å². The van der Waals surface area contributed by atoms with Gasteiger partial charge in [-0.05, 0) is 80.1 Å². The van der Waals surface area contributed by atoms with Gasteiger partial charge in [0.05, 0.1) is 23.2 Å². The molecule has 308 valence electrons. The average Bonchev–Trinajstić information content (AvgIpc) is 3.48. The van der Waals surface area contributed by atoms with Crippen molar-refractivity contribution in [2.24, 2.45) is 0 Å². The Labute approximate surface area is 349 Å². The van der Waals surface area contributed by atoms with Crippen LogP contribution in [0.5, 0.6) is 0 Å². The summed E-state index contributed by atoms with van der Waals surface area (Å²) in [5.41, 5.74) is 4.30. The second-order valence-electron chi connectivity index (χ2n) is 14.3. The van der Waals surface area contributed by atoms with E-state index in [2.05, 4.69) is 64.1 Å². The lowest BCUT2D eigenvalue weighted by Crippen LogP contribution is -2.28. The molecule has 3 aromatic rings. The molecule has 0 amide bonds. The van der Waals surface area contributed by atoms with Crippen LogP contribution in [0.25, 0.3) is 10.8 Å². The van der Waals surface area contributed by atoms with Gasteiger partial charge in [0.1, 0.15) is 11.4 Å². The molecule has 2 heterocycles. The van der Waals surface area contributed by atoms with Gasteiger partial charge < -0.3 is 4.90 Å². The quantitative estimate of drug-likeness (QED) is 0.0169. The van der Waals surface area contributed by atoms with Crippen molar-refractivity contribution in [3.8, 4) is 0 Å². The van der Waals surface area contributed by atoms with Crippen LogP contribution < -0.4 is 4.90 Å². The van der Waals surface area contributed by atoms with Crippen molar-refractivity contribution in [2.75, 3.05) is 29.5 Å². The third-order valence-electron chi connectivity index (χ3n) is 9.85. The number of fused-ring (bicyclic) bond motifs is 4. The Bertz CT molecular complexity index is 2360. The normalized spacial score (nSPS) is 17.4. The molecule has 2 aliphatic rings. The number of hydrogen-bond donors (Lipinski definition) is 4. The van der Waals surface area contributed by atoms with Crippen LogP contribution in [0.2, 0.25) is 0 Å². The molecule has 0 saturated carbocycles. The number of allylic oxidation sites excluding steroid dienone is 8. The minimum atomic E-state index is -4.72. The smallest absolute Gasteiger partial charge is 0.295 e. The van der Waals surface area contributed by atoms with E-state index in [0.29, 0.717) is 60.1 Å². The first kappa shape index (κ1) is 45.2. The van der Waals surface area contributed by atoms with Crippen molar-refractivity contribution in [2.45, 2.75) is 67.6 Å². The van der Waals surface area contributed by atoms with Crippen LogP contribution in [-0.2, 0) is 49.8 Å². The molecule has 0 aromatic heterocycles. The number of unbranched alkanes of at least 4 members (excludes halogenated alkanes) is 1. The largest absolute Gasteiger partial charge is 0.344 e. The molecule has 0 aliphatic carbocycles. The summed E-state index contributed by atoms with van der Waals surface area (Å²) in [5.74, 6) is 0.212. The maximum absolute atomic E-state index is 12.8. The molecule has 3 aromatic carbocycles.